The molecule has 0 spiro atoms. The van der Waals surface area contributed by atoms with Gasteiger partial charge in [-0.1, -0.05) is 0 Å². The summed E-state index contributed by atoms with van der Waals surface area (Å²) in [5.74, 6) is 0. The predicted octanol–water partition coefficient (Wildman–Crippen LogP) is 2.14. The fourth-order valence-electron chi connectivity index (χ4n) is 0.631. The van der Waals surface area contributed by atoms with E-state index < -0.39 is 0 Å². The van der Waals surface area contributed by atoms with Gasteiger partial charge in [-0.3, -0.25) is 0 Å². The first-order valence-electron chi connectivity index (χ1n) is 3.58. The average Bonchev–Trinajstić information content (AvgIpc) is 2.09. The minimum atomic E-state index is 0.253. The third-order valence-corrected chi connectivity index (χ3v) is 1.36. The maximum Gasteiger partial charge on any atom is 0.222 e. The first kappa shape index (κ1) is 9.00. The molecule has 0 N–H and O–H groups in total. The molecule has 1 heterocycles. The standard InChI is InChI=1S/C8H9ClN2O/c1-2-12-4-3-7-5-10-8(9)11-6-7/h3-6H,2H2,1H3. The Kier molecular flexibility index (Phi) is 3.54. The number of rotatable bonds is 3. The van der Waals surface area contributed by atoms with E-state index in [2.05, 4.69) is 9.97 Å². The topological polar surface area (TPSA) is 35.0 Å². The molecule has 0 radical (unpaired) electrons. The van der Waals surface area contributed by atoms with Gasteiger partial charge in [0.05, 0.1) is 12.9 Å². The summed E-state index contributed by atoms with van der Waals surface area (Å²) >= 11 is 5.50. The summed E-state index contributed by atoms with van der Waals surface area (Å²) in [6.45, 7) is 2.58. The van der Waals surface area contributed by atoms with Gasteiger partial charge in [-0.25, -0.2) is 9.97 Å². The minimum absolute atomic E-state index is 0.253. The highest BCUT2D eigenvalue weighted by molar-refractivity contribution is 6.28. The first-order chi connectivity index (χ1) is 5.83. The van der Waals surface area contributed by atoms with Crippen molar-refractivity contribution in [3.05, 3.63) is 29.5 Å². The number of hydrogen-bond donors (Lipinski definition) is 0. The Morgan fingerprint density at radius 2 is 2.17 bits per heavy atom. The molecule has 12 heavy (non-hydrogen) atoms. The van der Waals surface area contributed by atoms with Crippen molar-refractivity contribution in [1.29, 1.82) is 0 Å². The molecule has 1 rings (SSSR count). The minimum Gasteiger partial charge on any atom is -0.501 e. The summed E-state index contributed by atoms with van der Waals surface area (Å²) < 4.78 is 5.00. The van der Waals surface area contributed by atoms with Crippen LogP contribution in [0.25, 0.3) is 6.08 Å². The summed E-state index contributed by atoms with van der Waals surface area (Å²) in [7, 11) is 0. The van der Waals surface area contributed by atoms with E-state index in [-0.39, 0.29) is 5.28 Å². The highest BCUT2D eigenvalue weighted by Gasteiger charge is 1.89. The Hall–Kier alpha value is -1.09. The lowest BCUT2D eigenvalue weighted by atomic mass is 10.3. The van der Waals surface area contributed by atoms with E-state index >= 15 is 0 Å². The highest BCUT2D eigenvalue weighted by atomic mass is 35.5. The second-order valence-electron chi connectivity index (χ2n) is 2.04. The summed E-state index contributed by atoms with van der Waals surface area (Å²) in [6.07, 6.45) is 6.64. The molecular weight excluding hydrogens is 176 g/mol. The van der Waals surface area contributed by atoms with Gasteiger partial charge in [0.25, 0.3) is 0 Å². The molecule has 0 aliphatic carbocycles. The highest BCUT2D eigenvalue weighted by Crippen LogP contribution is 2.02. The number of aromatic nitrogens is 2. The Labute approximate surface area is 76.1 Å². The van der Waals surface area contributed by atoms with Crippen LogP contribution in [-0.2, 0) is 4.74 Å². The molecule has 0 unspecified atom stereocenters. The number of ether oxygens (including phenoxy) is 1. The van der Waals surface area contributed by atoms with Gasteiger partial charge in [-0.15, -0.1) is 0 Å². The van der Waals surface area contributed by atoms with Gasteiger partial charge in [0.2, 0.25) is 5.28 Å². The molecule has 64 valence electrons. The Bertz CT molecular complexity index is 258. The predicted molar refractivity (Wildman–Crippen MR) is 47.7 cm³/mol. The van der Waals surface area contributed by atoms with Crippen LogP contribution in [0.2, 0.25) is 5.28 Å². The molecule has 0 atom stereocenters. The third kappa shape index (κ3) is 2.88. The Balaban J connectivity index is 2.58. The van der Waals surface area contributed by atoms with Crippen LogP contribution in [0.5, 0.6) is 0 Å². The monoisotopic (exact) mass is 184 g/mol. The van der Waals surface area contributed by atoms with Crippen molar-refractivity contribution < 1.29 is 4.74 Å². The molecule has 0 aromatic carbocycles. The van der Waals surface area contributed by atoms with Crippen LogP contribution >= 0.6 is 11.6 Å². The molecule has 0 aliphatic rings. The molecule has 1 aromatic heterocycles. The molecule has 3 nitrogen and oxygen atoms in total. The van der Waals surface area contributed by atoms with Gasteiger partial charge >= 0.3 is 0 Å². The molecule has 4 heteroatoms. The third-order valence-electron chi connectivity index (χ3n) is 1.16. The lowest BCUT2D eigenvalue weighted by molar-refractivity contribution is 0.272. The fraction of sp³-hybridized carbons (Fsp3) is 0.250. The molecular formula is C8H9ClN2O. The average molecular weight is 185 g/mol. The Morgan fingerprint density at radius 3 is 2.75 bits per heavy atom. The quantitative estimate of drug-likeness (QED) is 0.533. The van der Waals surface area contributed by atoms with Crippen LogP contribution in [0.1, 0.15) is 12.5 Å². The van der Waals surface area contributed by atoms with Crippen molar-refractivity contribution in [3.8, 4) is 0 Å². The molecule has 0 bridgehead atoms. The van der Waals surface area contributed by atoms with Gasteiger partial charge < -0.3 is 4.74 Å². The zero-order valence-corrected chi connectivity index (χ0v) is 7.45. The number of hydrogen-bond acceptors (Lipinski definition) is 3. The molecule has 0 amide bonds. The van der Waals surface area contributed by atoms with Crippen LogP contribution in [0.15, 0.2) is 18.7 Å². The summed E-state index contributed by atoms with van der Waals surface area (Å²) in [6, 6.07) is 0. The van der Waals surface area contributed by atoms with Crippen molar-refractivity contribution in [2.24, 2.45) is 0 Å². The van der Waals surface area contributed by atoms with Crippen LogP contribution in [0, 0.1) is 0 Å². The van der Waals surface area contributed by atoms with Crippen LogP contribution < -0.4 is 0 Å². The van der Waals surface area contributed by atoms with Crippen LogP contribution in [-0.4, -0.2) is 16.6 Å². The number of halogens is 1. The largest absolute Gasteiger partial charge is 0.501 e. The summed E-state index contributed by atoms with van der Waals surface area (Å²) in [5, 5.41) is 0.253. The summed E-state index contributed by atoms with van der Waals surface area (Å²) in [4.78, 5) is 7.61. The molecule has 0 fully saturated rings. The smallest absolute Gasteiger partial charge is 0.222 e. The molecule has 0 saturated carbocycles. The molecule has 0 saturated heterocycles. The van der Waals surface area contributed by atoms with E-state index in [9.17, 15) is 0 Å². The van der Waals surface area contributed by atoms with E-state index in [0.717, 1.165) is 5.56 Å². The SMILES string of the molecule is CCOC=Cc1cnc(Cl)nc1. The lowest BCUT2D eigenvalue weighted by Crippen LogP contribution is -1.82. The molecule has 1 aromatic rings. The van der Waals surface area contributed by atoms with Gasteiger partial charge in [0.15, 0.2) is 0 Å². The lowest BCUT2D eigenvalue weighted by Gasteiger charge is -1.93. The normalized spacial score (nSPS) is 10.5. The van der Waals surface area contributed by atoms with Crippen molar-refractivity contribution >= 4 is 17.7 Å². The Morgan fingerprint density at radius 1 is 1.50 bits per heavy atom. The molecule has 0 aliphatic heterocycles. The second kappa shape index (κ2) is 4.72. The number of nitrogens with zero attached hydrogens (tertiary/aromatic N) is 2. The van der Waals surface area contributed by atoms with Gasteiger partial charge in [0, 0.05) is 18.0 Å². The van der Waals surface area contributed by atoms with E-state index in [1.807, 2.05) is 6.92 Å². The van der Waals surface area contributed by atoms with Crippen molar-refractivity contribution in [2.45, 2.75) is 6.92 Å². The van der Waals surface area contributed by atoms with Gasteiger partial charge in [-0.2, -0.15) is 0 Å². The summed E-state index contributed by atoms with van der Waals surface area (Å²) in [5.41, 5.74) is 0.868. The second-order valence-corrected chi connectivity index (χ2v) is 2.38. The van der Waals surface area contributed by atoms with E-state index in [1.54, 1.807) is 24.7 Å². The van der Waals surface area contributed by atoms with E-state index in [0.29, 0.717) is 6.61 Å². The maximum absolute atomic E-state index is 5.50. The van der Waals surface area contributed by atoms with Gasteiger partial charge in [-0.05, 0) is 24.6 Å². The van der Waals surface area contributed by atoms with Crippen LogP contribution in [0.3, 0.4) is 0 Å². The van der Waals surface area contributed by atoms with Crippen LogP contribution in [0.4, 0.5) is 0 Å². The zero-order chi connectivity index (χ0) is 8.81. The zero-order valence-electron chi connectivity index (χ0n) is 6.70. The van der Waals surface area contributed by atoms with Crippen molar-refractivity contribution in [2.75, 3.05) is 6.61 Å². The van der Waals surface area contributed by atoms with Crippen molar-refractivity contribution in [1.82, 2.24) is 9.97 Å². The van der Waals surface area contributed by atoms with E-state index in [1.165, 1.54) is 0 Å². The van der Waals surface area contributed by atoms with E-state index in [4.69, 9.17) is 16.3 Å². The van der Waals surface area contributed by atoms with Gasteiger partial charge in [0.1, 0.15) is 0 Å². The first-order valence-corrected chi connectivity index (χ1v) is 3.96. The van der Waals surface area contributed by atoms with Crippen molar-refractivity contribution in [3.63, 3.8) is 0 Å². The maximum atomic E-state index is 5.50. The fourth-order valence-corrected chi connectivity index (χ4v) is 0.729.